The molecule has 1 aliphatic heterocycles. The summed E-state index contributed by atoms with van der Waals surface area (Å²) in [7, 11) is 2.14. The van der Waals surface area contributed by atoms with Crippen molar-refractivity contribution in [2.24, 2.45) is 11.1 Å². The Balaban J connectivity index is 1.91. The first-order chi connectivity index (χ1) is 8.74. The molecule has 2 heterocycles. The lowest BCUT2D eigenvalue weighted by Crippen LogP contribution is -2.44. The number of nitrogens with two attached hydrogens (primary N) is 1. The lowest BCUT2D eigenvalue weighted by Gasteiger charge is -2.39. The molecular formula is C14H23N3O. The molecule has 4 heteroatoms. The molecule has 1 aliphatic rings. The van der Waals surface area contributed by atoms with Gasteiger partial charge in [0.1, 0.15) is 0 Å². The van der Waals surface area contributed by atoms with Crippen molar-refractivity contribution in [1.29, 1.82) is 0 Å². The van der Waals surface area contributed by atoms with Crippen molar-refractivity contribution >= 4 is 0 Å². The van der Waals surface area contributed by atoms with Gasteiger partial charge in [-0.15, -0.1) is 0 Å². The molecule has 0 saturated carbocycles. The number of rotatable bonds is 5. The van der Waals surface area contributed by atoms with Gasteiger partial charge in [-0.05, 0) is 44.0 Å². The van der Waals surface area contributed by atoms with Crippen LogP contribution in [0, 0.1) is 5.41 Å². The number of aromatic nitrogens is 1. The van der Waals surface area contributed by atoms with Crippen molar-refractivity contribution in [3.63, 3.8) is 0 Å². The fraction of sp³-hybridized carbons (Fsp3) is 0.643. The van der Waals surface area contributed by atoms with E-state index in [9.17, 15) is 0 Å². The number of hydrogen-bond donors (Lipinski definition) is 1. The monoisotopic (exact) mass is 249 g/mol. The van der Waals surface area contributed by atoms with Gasteiger partial charge in [-0.1, -0.05) is 6.07 Å². The molecule has 1 fully saturated rings. The largest absolute Gasteiger partial charge is 0.381 e. The second kappa shape index (κ2) is 6.27. The van der Waals surface area contributed by atoms with Crippen LogP contribution in [-0.4, -0.2) is 43.2 Å². The highest BCUT2D eigenvalue weighted by Gasteiger charge is 2.32. The van der Waals surface area contributed by atoms with Crippen molar-refractivity contribution in [3.05, 3.63) is 30.1 Å². The van der Waals surface area contributed by atoms with Crippen LogP contribution >= 0.6 is 0 Å². The molecule has 0 aliphatic carbocycles. The fourth-order valence-electron chi connectivity index (χ4n) is 2.63. The van der Waals surface area contributed by atoms with Gasteiger partial charge in [0.25, 0.3) is 0 Å². The Labute approximate surface area is 109 Å². The molecule has 0 spiro atoms. The van der Waals surface area contributed by atoms with Crippen LogP contribution in [0.1, 0.15) is 18.5 Å². The van der Waals surface area contributed by atoms with E-state index in [2.05, 4.69) is 23.0 Å². The van der Waals surface area contributed by atoms with Crippen molar-refractivity contribution in [3.8, 4) is 0 Å². The van der Waals surface area contributed by atoms with Crippen LogP contribution < -0.4 is 5.73 Å². The molecule has 0 amide bonds. The van der Waals surface area contributed by atoms with Crippen LogP contribution in [0.15, 0.2) is 24.4 Å². The van der Waals surface area contributed by atoms with E-state index in [1.807, 2.05) is 18.3 Å². The summed E-state index contributed by atoms with van der Waals surface area (Å²) in [5.74, 6) is 0. The molecule has 1 saturated heterocycles. The van der Waals surface area contributed by atoms with E-state index in [4.69, 9.17) is 10.5 Å². The van der Waals surface area contributed by atoms with Gasteiger partial charge >= 0.3 is 0 Å². The molecule has 1 aromatic heterocycles. The van der Waals surface area contributed by atoms with Crippen LogP contribution in [-0.2, 0) is 11.3 Å². The zero-order valence-corrected chi connectivity index (χ0v) is 11.1. The van der Waals surface area contributed by atoms with Gasteiger partial charge in [0.05, 0.1) is 5.69 Å². The third kappa shape index (κ3) is 3.51. The molecule has 0 aromatic carbocycles. The second-order valence-corrected chi connectivity index (χ2v) is 5.31. The average Bonchev–Trinajstić information content (AvgIpc) is 2.41. The number of nitrogens with zero attached hydrogens (tertiary/aromatic N) is 2. The molecule has 4 nitrogen and oxygen atoms in total. The van der Waals surface area contributed by atoms with E-state index < -0.39 is 0 Å². The van der Waals surface area contributed by atoms with E-state index in [-0.39, 0.29) is 5.41 Å². The highest BCUT2D eigenvalue weighted by Crippen LogP contribution is 2.30. The van der Waals surface area contributed by atoms with Crippen molar-refractivity contribution in [2.75, 3.05) is 33.4 Å². The van der Waals surface area contributed by atoms with Gasteiger partial charge in [-0.25, -0.2) is 0 Å². The summed E-state index contributed by atoms with van der Waals surface area (Å²) >= 11 is 0. The lowest BCUT2D eigenvalue weighted by atomic mass is 9.80. The average molecular weight is 249 g/mol. The molecule has 2 N–H and O–H groups in total. The molecule has 0 atom stereocenters. The number of pyridine rings is 1. The van der Waals surface area contributed by atoms with Gasteiger partial charge in [-0.2, -0.15) is 0 Å². The fourth-order valence-corrected chi connectivity index (χ4v) is 2.63. The van der Waals surface area contributed by atoms with E-state index in [0.717, 1.165) is 51.4 Å². The van der Waals surface area contributed by atoms with Crippen LogP contribution in [0.3, 0.4) is 0 Å². The van der Waals surface area contributed by atoms with Crippen molar-refractivity contribution in [2.45, 2.75) is 19.4 Å². The SMILES string of the molecule is CN(Cc1ccccn1)CC1(CN)CCOCC1. The lowest BCUT2D eigenvalue weighted by molar-refractivity contribution is 0.00254. The standard InChI is InChI=1S/C14H23N3O/c1-17(10-13-4-2-3-7-16-13)12-14(11-15)5-8-18-9-6-14/h2-4,7H,5-6,8-12,15H2,1H3. The zero-order valence-electron chi connectivity index (χ0n) is 11.1. The molecule has 100 valence electrons. The van der Waals surface area contributed by atoms with E-state index in [1.165, 1.54) is 0 Å². The quantitative estimate of drug-likeness (QED) is 0.854. The number of ether oxygens (including phenoxy) is 1. The summed E-state index contributed by atoms with van der Waals surface area (Å²) in [6.45, 7) is 4.32. The summed E-state index contributed by atoms with van der Waals surface area (Å²) in [4.78, 5) is 6.68. The Kier molecular flexibility index (Phi) is 4.69. The minimum Gasteiger partial charge on any atom is -0.381 e. The van der Waals surface area contributed by atoms with Gasteiger partial charge < -0.3 is 10.5 Å². The smallest absolute Gasteiger partial charge is 0.0543 e. The molecule has 2 rings (SSSR count). The first-order valence-electron chi connectivity index (χ1n) is 6.60. The third-order valence-corrected chi connectivity index (χ3v) is 3.75. The Morgan fingerprint density at radius 3 is 2.78 bits per heavy atom. The maximum absolute atomic E-state index is 5.98. The zero-order chi connectivity index (χ0) is 12.8. The summed E-state index contributed by atoms with van der Waals surface area (Å²) in [6.07, 6.45) is 3.97. The highest BCUT2D eigenvalue weighted by molar-refractivity contribution is 5.03. The Hall–Kier alpha value is -0.970. The molecule has 18 heavy (non-hydrogen) atoms. The van der Waals surface area contributed by atoms with Crippen molar-refractivity contribution < 1.29 is 4.74 Å². The molecular weight excluding hydrogens is 226 g/mol. The van der Waals surface area contributed by atoms with Gasteiger partial charge in [0.15, 0.2) is 0 Å². The predicted molar refractivity (Wildman–Crippen MR) is 72.1 cm³/mol. The Bertz CT molecular complexity index is 349. The minimum atomic E-state index is 0.224. The van der Waals surface area contributed by atoms with Gasteiger partial charge in [0, 0.05) is 32.5 Å². The maximum Gasteiger partial charge on any atom is 0.0543 e. The molecule has 0 unspecified atom stereocenters. The van der Waals surface area contributed by atoms with Crippen LogP contribution in [0.5, 0.6) is 0 Å². The predicted octanol–water partition coefficient (Wildman–Crippen LogP) is 1.27. The second-order valence-electron chi connectivity index (χ2n) is 5.31. The summed E-state index contributed by atoms with van der Waals surface area (Å²) in [6, 6.07) is 6.04. The first-order valence-corrected chi connectivity index (χ1v) is 6.60. The summed E-state index contributed by atoms with van der Waals surface area (Å²) in [5.41, 5.74) is 7.32. The van der Waals surface area contributed by atoms with Crippen LogP contribution in [0.25, 0.3) is 0 Å². The maximum atomic E-state index is 5.98. The van der Waals surface area contributed by atoms with Gasteiger partial charge in [-0.3, -0.25) is 9.88 Å². The van der Waals surface area contributed by atoms with E-state index in [1.54, 1.807) is 0 Å². The van der Waals surface area contributed by atoms with Gasteiger partial charge in [0.2, 0.25) is 0 Å². The topological polar surface area (TPSA) is 51.4 Å². The summed E-state index contributed by atoms with van der Waals surface area (Å²) < 4.78 is 5.44. The van der Waals surface area contributed by atoms with Crippen LogP contribution in [0.2, 0.25) is 0 Å². The number of hydrogen-bond acceptors (Lipinski definition) is 4. The third-order valence-electron chi connectivity index (χ3n) is 3.75. The first kappa shape index (κ1) is 13.5. The Morgan fingerprint density at radius 1 is 1.39 bits per heavy atom. The van der Waals surface area contributed by atoms with E-state index in [0.29, 0.717) is 0 Å². The highest BCUT2D eigenvalue weighted by atomic mass is 16.5. The molecule has 1 aromatic rings. The minimum absolute atomic E-state index is 0.224. The van der Waals surface area contributed by atoms with Crippen molar-refractivity contribution in [1.82, 2.24) is 9.88 Å². The molecule has 0 bridgehead atoms. The molecule has 0 radical (unpaired) electrons. The van der Waals surface area contributed by atoms with Crippen LogP contribution in [0.4, 0.5) is 0 Å². The van der Waals surface area contributed by atoms with E-state index >= 15 is 0 Å². The summed E-state index contributed by atoms with van der Waals surface area (Å²) in [5, 5.41) is 0. The normalized spacial score (nSPS) is 19.1. The Morgan fingerprint density at radius 2 is 2.17 bits per heavy atom.